The summed E-state index contributed by atoms with van der Waals surface area (Å²) in [6.45, 7) is 4.32. The molecule has 0 fully saturated rings. The van der Waals surface area contributed by atoms with Crippen molar-refractivity contribution in [1.82, 2.24) is 4.98 Å². The number of rotatable bonds is 4. The normalized spacial score (nSPS) is 12.7. The van der Waals surface area contributed by atoms with Crippen LogP contribution in [0.15, 0.2) is 18.2 Å². The Hall–Kier alpha value is -1.29. The van der Waals surface area contributed by atoms with Gasteiger partial charge in [0.25, 0.3) is 0 Å². The Morgan fingerprint density at radius 2 is 2.31 bits per heavy atom. The summed E-state index contributed by atoms with van der Waals surface area (Å²) in [6, 6.07) is 6.42. The fourth-order valence-electron chi connectivity index (χ4n) is 1.41. The SMILES string of the molecule is CCC(C)Nc1nc2ccc(OC)cc2s1. The highest BCUT2D eigenvalue weighted by Gasteiger charge is 2.06. The van der Waals surface area contributed by atoms with Gasteiger partial charge in [-0.3, -0.25) is 0 Å². The van der Waals surface area contributed by atoms with E-state index < -0.39 is 0 Å². The topological polar surface area (TPSA) is 34.2 Å². The number of anilines is 1. The number of aromatic nitrogens is 1. The van der Waals surface area contributed by atoms with Crippen LogP contribution in [0, 0.1) is 0 Å². The first-order valence-electron chi connectivity index (χ1n) is 5.44. The van der Waals surface area contributed by atoms with Crippen molar-refractivity contribution in [3.8, 4) is 5.75 Å². The molecule has 0 aliphatic heterocycles. The molecule has 0 radical (unpaired) electrons. The molecule has 86 valence electrons. The van der Waals surface area contributed by atoms with Crippen molar-refractivity contribution in [3.63, 3.8) is 0 Å². The monoisotopic (exact) mass is 236 g/mol. The third-order valence-electron chi connectivity index (χ3n) is 2.58. The molecular weight excluding hydrogens is 220 g/mol. The van der Waals surface area contributed by atoms with E-state index in [0.29, 0.717) is 6.04 Å². The quantitative estimate of drug-likeness (QED) is 0.882. The molecule has 2 rings (SSSR count). The maximum Gasteiger partial charge on any atom is 0.184 e. The predicted octanol–water partition coefficient (Wildman–Crippen LogP) is 3.52. The molecule has 2 aromatic rings. The molecule has 1 unspecified atom stereocenters. The van der Waals surface area contributed by atoms with Gasteiger partial charge in [0.15, 0.2) is 5.13 Å². The molecule has 0 saturated heterocycles. The molecule has 3 nitrogen and oxygen atoms in total. The molecule has 1 aromatic heterocycles. The lowest BCUT2D eigenvalue weighted by molar-refractivity contribution is 0.415. The van der Waals surface area contributed by atoms with Gasteiger partial charge in [0.2, 0.25) is 0 Å². The minimum absolute atomic E-state index is 0.461. The van der Waals surface area contributed by atoms with E-state index >= 15 is 0 Å². The van der Waals surface area contributed by atoms with E-state index in [0.717, 1.165) is 27.5 Å². The molecular formula is C12H16N2OS. The molecule has 1 atom stereocenters. The van der Waals surface area contributed by atoms with Crippen LogP contribution in [0.4, 0.5) is 5.13 Å². The van der Waals surface area contributed by atoms with E-state index in [1.807, 2.05) is 18.2 Å². The molecule has 1 heterocycles. The summed E-state index contributed by atoms with van der Waals surface area (Å²) >= 11 is 1.67. The van der Waals surface area contributed by atoms with Crippen molar-refractivity contribution in [2.75, 3.05) is 12.4 Å². The largest absolute Gasteiger partial charge is 0.497 e. The third kappa shape index (κ3) is 2.27. The summed E-state index contributed by atoms with van der Waals surface area (Å²) in [4.78, 5) is 4.53. The third-order valence-corrected chi connectivity index (χ3v) is 3.53. The number of hydrogen-bond donors (Lipinski definition) is 1. The van der Waals surface area contributed by atoms with E-state index in [1.165, 1.54) is 0 Å². The highest BCUT2D eigenvalue weighted by Crippen LogP contribution is 2.29. The zero-order valence-electron chi connectivity index (χ0n) is 9.78. The zero-order valence-corrected chi connectivity index (χ0v) is 10.6. The van der Waals surface area contributed by atoms with Crippen molar-refractivity contribution < 1.29 is 4.74 Å². The van der Waals surface area contributed by atoms with E-state index in [9.17, 15) is 0 Å². The standard InChI is InChI=1S/C12H16N2OS/c1-4-8(2)13-12-14-10-6-5-9(15-3)7-11(10)16-12/h5-8H,4H2,1-3H3,(H,13,14). The second-order valence-corrected chi connectivity index (χ2v) is 4.84. The number of thiazole rings is 1. The fourth-order valence-corrected chi connectivity index (χ4v) is 2.41. The maximum absolute atomic E-state index is 5.19. The average molecular weight is 236 g/mol. The van der Waals surface area contributed by atoms with Crippen LogP contribution < -0.4 is 10.1 Å². The lowest BCUT2D eigenvalue weighted by atomic mass is 10.3. The van der Waals surface area contributed by atoms with Gasteiger partial charge in [0, 0.05) is 6.04 Å². The van der Waals surface area contributed by atoms with Gasteiger partial charge in [0.1, 0.15) is 5.75 Å². The molecule has 4 heteroatoms. The fraction of sp³-hybridized carbons (Fsp3) is 0.417. The second kappa shape index (κ2) is 4.70. The number of nitrogens with zero attached hydrogens (tertiary/aromatic N) is 1. The highest BCUT2D eigenvalue weighted by atomic mass is 32.1. The van der Waals surface area contributed by atoms with E-state index in [4.69, 9.17) is 4.74 Å². The van der Waals surface area contributed by atoms with Gasteiger partial charge in [-0.1, -0.05) is 18.3 Å². The number of fused-ring (bicyclic) bond motifs is 1. The Bertz CT molecular complexity index is 481. The summed E-state index contributed by atoms with van der Waals surface area (Å²) in [5, 5.41) is 4.37. The van der Waals surface area contributed by atoms with Gasteiger partial charge < -0.3 is 10.1 Å². The minimum Gasteiger partial charge on any atom is -0.497 e. The smallest absolute Gasteiger partial charge is 0.184 e. The van der Waals surface area contributed by atoms with E-state index in [-0.39, 0.29) is 0 Å². The van der Waals surface area contributed by atoms with E-state index in [1.54, 1.807) is 18.4 Å². The molecule has 1 N–H and O–H groups in total. The van der Waals surface area contributed by atoms with Gasteiger partial charge in [-0.05, 0) is 31.5 Å². The highest BCUT2D eigenvalue weighted by molar-refractivity contribution is 7.22. The Labute approximate surface area is 99.5 Å². The average Bonchev–Trinajstić information content (AvgIpc) is 2.69. The summed E-state index contributed by atoms with van der Waals surface area (Å²) in [5.41, 5.74) is 1.02. The Balaban J connectivity index is 2.29. The summed E-state index contributed by atoms with van der Waals surface area (Å²) < 4.78 is 6.35. The Kier molecular flexibility index (Phi) is 3.29. The summed E-state index contributed by atoms with van der Waals surface area (Å²) in [6.07, 6.45) is 1.10. The number of nitrogens with one attached hydrogen (secondary N) is 1. The van der Waals surface area contributed by atoms with Crippen LogP contribution in [0.3, 0.4) is 0 Å². The molecule has 0 bridgehead atoms. The Morgan fingerprint density at radius 1 is 1.50 bits per heavy atom. The number of methoxy groups -OCH3 is 1. The van der Waals surface area contributed by atoms with Crippen molar-refractivity contribution in [3.05, 3.63) is 18.2 Å². The van der Waals surface area contributed by atoms with Gasteiger partial charge in [-0.25, -0.2) is 4.98 Å². The Morgan fingerprint density at radius 3 is 3.00 bits per heavy atom. The molecule has 1 aromatic carbocycles. The molecule has 0 saturated carbocycles. The lowest BCUT2D eigenvalue weighted by Crippen LogP contribution is -2.12. The van der Waals surface area contributed by atoms with Crippen LogP contribution >= 0.6 is 11.3 Å². The first kappa shape index (κ1) is 11.2. The van der Waals surface area contributed by atoms with Gasteiger partial charge in [-0.2, -0.15) is 0 Å². The molecule has 0 spiro atoms. The summed E-state index contributed by atoms with van der Waals surface area (Å²) in [7, 11) is 1.68. The second-order valence-electron chi connectivity index (χ2n) is 3.81. The van der Waals surface area contributed by atoms with Crippen molar-refractivity contribution in [2.24, 2.45) is 0 Å². The lowest BCUT2D eigenvalue weighted by Gasteiger charge is -2.08. The first-order chi connectivity index (χ1) is 7.72. The molecule has 16 heavy (non-hydrogen) atoms. The van der Waals surface area contributed by atoms with Crippen LogP contribution in [0.25, 0.3) is 10.2 Å². The summed E-state index contributed by atoms with van der Waals surface area (Å²) in [5.74, 6) is 0.881. The molecule has 0 aliphatic carbocycles. The number of hydrogen-bond acceptors (Lipinski definition) is 4. The molecule has 0 aliphatic rings. The van der Waals surface area contributed by atoms with Gasteiger partial charge in [-0.15, -0.1) is 0 Å². The first-order valence-corrected chi connectivity index (χ1v) is 6.25. The van der Waals surface area contributed by atoms with Crippen molar-refractivity contribution >= 4 is 26.7 Å². The predicted molar refractivity (Wildman–Crippen MR) is 69.5 cm³/mol. The van der Waals surface area contributed by atoms with Crippen molar-refractivity contribution in [2.45, 2.75) is 26.3 Å². The van der Waals surface area contributed by atoms with Crippen molar-refractivity contribution in [1.29, 1.82) is 0 Å². The maximum atomic E-state index is 5.19. The van der Waals surface area contributed by atoms with Gasteiger partial charge >= 0.3 is 0 Å². The van der Waals surface area contributed by atoms with Crippen LogP contribution in [-0.4, -0.2) is 18.1 Å². The van der Waals surface area contributed by atoms with Crippen LogP contribution in [-0.2, 0) is 0 Å². The number of ether oxygens (including phenoxy) is 1. The van der Waals surface area contributed by atoms with E-state index in [2.05, 4.69) is 24.1 Å². The zero-order chi connectivity index (χ0) is 11.5. The number of benzene rings is 1. The van der Waals surface area contributed by atoms with Crippen LogP contribution in [0.1, 0.15) is 20.3 Å². The van der Waals surface area contributed by atoms with Crippen LogP contribution in [0.2, 0.25) is 0 Å². The van der Waals surface area contributed by atoms with Gasteiger partial charge in [0.05, 0.1) is 17.3 Å². The minimum atomic E-state index is 0.461. The van der Waals surface area contributed by atoms with Crippen LogP contribution in [0.5, 0.6) is 5.75 Å². The molecule has 0 amide bonds.